The van der Waals surface area contributed by atoms with Crippen molar-refractivity contribution in [1.29, 1.82) is 0 Å². The van der Waals surface area contributed by atoms with Gasteiger partial charge in [0.05, 0.1) is 30.8 Å². The largest absolute Gasteiger partial charge is 0.496 e. The molecule has 1 fully saturated rings. The molecule has 0 spiro atoms. The van der Waals surface area contributed by atoms with Gasteiger partial charge in [0, 0.05) is 24.5 Å². The maximum absolute atomic E-state index is 11.4. The lowest BCUT2D eigenvalue weighted by Crippen LogP contribution is -2.19. The number of non-ortho nitro benzene ring substituents is 1. The molecule has 0 aliphatic carbocycles. The number of hydrogen-bond acceptors (Lipinski definition) is 5. The number of benzene rings is 1. The van der Waals surface area contributed by atoms with E-state index in [9.17, 15) is 14.9 Å². The number of methoxy groups -OCH3 is 1. The Morgan fingerprint density at radius 1 is 1.50 bits per heavy atom. The van der Waals surface area contributed by atoms with E-state index in [0.29, 0.717) is 24.3 Å². The summed E-state index contributed by atoms with van der Waals surface area (Å²) in [7, 11) is 1.44. The minimum absolute atomic E-state index is 0.0438. The Balaban J connectivity index is 2.32. The highest BCUT2D eigenvalue weighted by Crippen LogP contribution is 2.35. The van der Waals surface area contributed by atoms with Crippen molar-refractivity contribution in [1.82, 2.24) is 0 Å². The second kappa shape index (κ2) is 5.14. The molecule has 18 heavy (non-hydrogen) atoms. The Hall–Kier alpha value is -1.95. The summed E-state index contributed by atoms with van der Waals surface area (Å²) in [4.78, 5) is 21.6. The molecule has 1 aromatic rings. The number of Topliss-reactive ketones (excluding diaryl/α,β-unsaturated/α-hetero) is 1. The monoisotopic (exact) mass is 251 g/mol. The molecule has 2 rings (SSSR count). The van der Waals surface area contributed by atoms with E-state index >= 15 is 0 Å². The minimum Gasteiger partial charge on any atom is -0.496 e. The molecule has 1 aliphatic rings. The molecule has 0 N–H and O–H groups in total. The fourth-order valence-electron chi connectivity index (χ4n) is 1.96. The van der Waals surface area contributed by atoms with E-state index in [1.807, 2.05) is 0 Å². The molecule has 0 amide bonds. The number of nitrogens with zero attached hydrogens (tertiary/aromatic N) is 1. The van der Waals surface area contributed by atoms with Crippen molar-refractivity contribution in [3.8, 4) is 5.75 Å². The van der Waals surface area contributed by atoms with Crippen molar-refractivity contribution in [2.45, 2.75) is 18.9 Å². The summed E-state index contributed by atoms with van der Waals surface area (Å²) >= 11 is 0. The molecule has 1 saturated heterocycles. The van der Waals surface area contributed by atoms with Crippen molar-refractivity contribution in [2.75, 3.05) is 13.7 Å². The number of rotatable bonds is 3. The molecule has 1 atom stereocenters. The fraction of sp³-hybridized carbons (Fsp3) is 0.417. The van der Waals surface area contributed by atoms with Gasteiger partial charge in [-0.1, -0.05) is 0 Å². The number of hydrogen-bond donors (Lipinski definition) is 0. The van der Waals surface area contributed by atoms with E-state index in [2.05, 4.69) is 0 Å². The molecule has 6 nitrogen and oxygen atoms in total. The maximum Gasteiger partial charge on any atom is 0.273 e. The molecular formula is C12H13NO5. The van der Waals surface area contributed by atoms with Gasteiger partial charge in [0.25, 0.3) is 5.69 Å². The summed E-state index contributed by atoms with van der Waals surface area (Å²) in [6, 6.07) is 4.32. The third kappa shape index (κ3) is 2.48. The zero-order valence-corrected chi connectivity index (χ0v) is 9.92. The zero-order valence-electron chi connectivity index (χ0n) is 9.92. The first-order chi connectivity index (χ1) is 8.61. The van der Waals surface area contributed by atoms with Crippen LogP contribution in [0.15, 0.2) is 18.2 Å². The van der Waals surface area contributed by atoms with Crippen LogP contribution in [0.3, 0.4) is 0 Å². The molecule has 1 aromatic carbocycles. The minimum atomic E-state index is -0.487. The van der Waals surface area contributed by atoms with E-state index in [4.69, 9.17) is 9.47 Å². The SMILES string of the molecule is COc1cc([N+](=O)[O-])ccc1C1CC(=O)CCO1. The van der Waals surface area contributed by atoms with Crippen molar-refractivity contribution in [3.05, 3.63) is 33.9 Å². The molecule has 1 heterocycles. The second-order valence-electron chi connectivity index (χ2n) is 4.04. The predicted molar refractivity (Wildman–Crippen MR) is 62.6 cm³/mol. The highest BCUT2D eigenvalue weighted by Gasteiger charge is 2.25. The highest BCUT2D eigenvalue weighted by molar-refractivity contribution is 5.80. The van der Waals surface area contributed by atoms with E-state index in [1.54, 1.807) is 6.07 Å². The molecule has 0 radical (unpaired) electrons. The van der Waals surface area contributed by atoms with Crippen LogP contribution >= 0.6 is 0 Å². The van der Waals surface area contributed by atoms with Gasteiger partial charge in [-0.15, -0.1) is 0 Å². The number of nitro benzene ring substituents is 1. The van der Waals surface area contributed by atoms with E-state index in [0.717, 1.165) is 0 Å². The van der Waals surface area contributed by atoms with Gasteiger partial charge in [-0.05, 0) is 6.07 Å². The molecule has 0 bridgehead atoms. The van der Waals surface area contributed by atoms with E-state index in [1.165, 1.54) is 19.2 Å². The Kier molecular flexibility index (Phi) is 3.57. The lowest BCUT2D eigenvalue weighted by atomic mass is 9.99. The normalized spacial score (nSPS) is 19.6. The standard InChI is InChI=1S/C12H13NO5/c1-17-11-6-8(13(15)16)2-3-10(11)12-7-9(14)4-5-18-12/h2-3,6,12H,4-5,7H2,1H3. The van der Waals surface area contributed by atoms with Gasteiger partial charge in [0.2, 0.25) is 0 Å². The van der Waals surface area contributed by atoms with Crippen LogP contribution in [0.25, 0.3) is 0 Å². The molecule has 1 unspecified atom stereocenters. The number of ether oxygens (including phenoxy) is 2. The van der Waals surface area contributed by atoms with Gasteiger partial charge in [0.1, 0.15) is 11.5 Å². The van der Waals surface area contributed by atoms with Gasteiger partial charge in [-0.3, -0.25) is 14.9 Å². The number of ketones is 1. The van der Waals surface area contributed by atoms with Crippen LogP contribution in [-0.4, -0.2) is 24.4 Å². The van der Waals surface area contributed by atoms with Crippen LogP contribution in [0.4, 0.5) is 5.69 Å². The van der Waals surface area contributed by atoms with Crippen molar-refractivity contribution >= 4 is 11.5 Å². The Bertz CT molecular complexity index is 485. The van der Waals surface area contributed by atoms with Crippen molar-refractivity contribution < 1.29 is 19.2 Å². The third-order valence-electron chi connectivity index (χ3n) is 2.89. The molecule has 0 aromatic heterocycles. The van der Waals surface area contributed by atoms with Crippen molar-refractivity contribution in [2.24, 2.45) is 0 Å². The number of nitro groups is 1. The topological polar surface area (TPSA) is 78.7 Å². The summed E-state index contributed by atoms with van der Waals surface area (Å²) in [6.07, 6.45) is 0.335. The number of carbonyl (C=O) groups is 1. The zero-order chi connectivity index (χ0) is 13.1. The lowest BCUT2D eigenvalue weighted by molar-refractivity contribution is -0.385. The van der Waals surface area contributed by atoms with Crippen molar-refractivity contribution in [3.63, 3.8) is 0 Å². The van der Waals surface area contributed by atoms with Crippen LogP contribution in [0.2, 0.25) is 0 Å². The van der Waals surface area contributed by atoms with Gasteiger partial charge in [-0.2, -0.15) is 0 Å². The Morgan fingerprint density at radius 2 is 2.28 bits per heavy atom. The molecular weight excluding hydrogens is 238 g/mol. The van der Waals surface area contributed by atoms with Gasteiger partial charge >= 0.3 is 0 Å². The first-order valence-electron chi connectivity index (χ1n) is 5.57. The predicted octanol–water partition coefficient (Wildman–Crippen LogP) is 2.02. The van der Waals surface area contributed by atoms with Crippen LogP contribution < -0.4 is 4.74 Å². The van der Waals surface area contributed by atoms with Gasteiger partial charge in [-0.25, -0.2) is 0 Å². The maximum atomic E-state index is 11.4. The van der Waals surface area contributed by atoms with E-state index < -0.39 is 4.92 Å². The average molecular weight is 251 g/mol. The highest BCUT2D eigenvalue weighted by atomic mass is 16.6. The summed E-state index contributed by atoms with van der Waals surface area (Å²) in [5, 5.41) is 10.7. The summed E-state index contributed by atoms with van der Waals surface area (Å²) in [5.74, 6) is 0.510. The summed E-state index contributed by atoms with van der Waals surface area (Å²) < 4.78 is 10.6. The third-order valence-corrected chi connectivity index (χ3v) is 2.89. The van der Waals surface area contributed by atoms with Crippen LogP contribution in [0.5, 0.6) is 5.75 Å². The summed E-state index contributed by atoms with van der Waals surface area (Å²) in [5.41, 5.74) is 0.633. The van der Waals surface area contributed by atoms with Gasteiger partial charge < -0.3 is 9.47 Å². The molecule has 6 heteroatoms. The number of carbonyl (C=O) groups excluding carboxylic acids is 1. The average Bonchev–Trinajstić information content (AvgIpc) is 2.37. The van der Waals surface area contributed by atoms with Crippen LogP contribution in [-0.2, 0) is 9.53 Å². The van der Waals surface area contributed by atoms with Crippen LogP contribution in [0.1, 0.15) is 24.5 Å². The quantitative estimate of drug-likeness (QED) is 0.606. The van der Waals surface area contributed by atoms with Crippen LogP contribution in [0, 0.1) is 10.1 Å². The fourth-order valence-corrected chi connectivity index (χ4v) is 1.96. The molecule has 1 aliphatic heterocycles. The molecule has 0 saturated carbocycles. The lowest BCUT2D eigenvalue weighted by Gasteiger charge is -2.23. The second-order valence-corrected chi connectivity index (χ2v) is 4.04. The molecule has 96 valence electrons. The van der Waals surface area contributed by atoms with Gasteiger partial charge in [0.15, 0.2) is 0 Å². The first-order valence-corrected chi connectivity index (χ1v) is 5.57. The Labute approximate surface area is 104 Å². The smallest absolute Gasteiger partial charge is 0.273 e. The first kappa shape index (κ1) is 12.5. The summed E-state index contributed by atoms with van der Waals surface area (Å²) in [6.45, 7) is 0.379. The van der Waals surface area contributed by atoms with E-state index in [-0.39, 0.29) is 24.0 Å². The Morgan fingerprint density at radius 3 is 2.89 bits per heavy atom.